The van der Waals surface area contributed by atoms with Crippen LogP contribution in [0, 0.1) is 0 Å². The molecule has 138 valence electrons. The summed E-state index contributed by atoms with van der Waals surface area (Å²) in [5.74, 6) is 1.44. The van der Waals surface area contributed by atoms with Gasteiger partial charge in [0.25, 0.3) is 0 Å². The fraction of sp³-hybridized carbons (Fsp3) is 0.250. The molecule has 0 saturated heterocycles. The van der Waals surface area contributed by atoms with Crippen LogP contribution >= 0.6 is 0 Å². The smallest absolute Gasteiger partial charge is 0.163 e. The van der Waals surface area contributed by atoms with Crippen molar-refractivity contribution in [2.75, 3.05) is 18.5 Å². The SMILES string of the molecule is CCOc1cc2nccc(NCc3ccnc4ccnn34)c2cc1OCC. The van der Waals surface area contributed by atoms with E-state index in [1.165, 1.54) is 0 Å². The standard InChI is InChI=1S/C20H21N5O2/c1-3-26-18-11-15-16(6-9-21-17(15)12-19(18)27-4-2)23-13-14-5-8-22-20-7-10-24-25(14)20/h5-12H,3-4,13H2,1-2H3,(H,21,23). The van der Waals surface area contributed by atoms with E-state index in [1.54, 1.807) is 18.6 Å². The van der Waals surface area contributed by atoms with Crippen LogP contribution in [0.5, 0.6) is 11.5 Å². The van der Waals surface area contributed by atoms with E-state index in [1.807, 2.05) is 48.7 Å². The highest BCUT2D eigenvalue weighted by Gasteiger charge is 2.11. The molecule has 7 nitrogen and oxygen atoms in total. The molecule has 0 unspecified atom stereocenters. The third kappa shape index (κ3) is 3.36. The van der Waals surface area contributed by atoms with Gasteiger partial charge in [-0.05, 0) is 32.0 Å². The monoisotopic (exact) mass is 363 g/mol. The maximum Gasteiger partial charge on any atom is 0.163 e. The van der Waals surface area contributed by atoms with Crippen molar-refractivity contribution in [3.63, 3.8) is 0 Å². The second-order valence-corrected chi connectivity index (χ2v) is 5.93. The average molecular weight is 363 g/mol. The van der Waals surface area contributed by atoms with Crippen LogP contribution in [-0.4, -0.2) is 32.8 Å². The Labute approximate surface area is 157 Å². The van der Waals surface area contributed by atoms with Gasteiger partial charge in [0.15, 0.2) is 17.1 Å². The van der Waals surface area contributed by atoms with Gasteiger partial charge in [-0.25, -0.2) is 9.50 Å². The minimum absolute atomic E-state index is 0.572. The van der Waals surface area contributed by atoms with Crippen molar-refractivity contribution in [3.8, 4) is 11.5 Å². The van der Waals surface area contributed by atoms with Crippen LogP contribution < -0.4 is 14.8 Å². The lowest BCUT2D eigenvalue weighted by Crippen LogP contribution is -2.07. The molecule has 27 heavy (non-hydrogen) atoms. The number of ether oxygens (including phenoxy) is 2. The van der Waals surface area contributed by atoms with Crippen molar-refractivity contribution in [3.05, 3.63) is 54.6 Å². The first-order valence-corrected chi connectivity index (χ1v) is 9.00. The minimum atomic E-state index is 0.572. The van der Waals surface area contributed by atoms with E-state index in [0.717, 1.165) is 33.7 Å². The third-order valence-corrected chi connectivity index (χ3v) is 4.24. The van der Waals surface area contributed by atoms with Gasteiger partial charge in [0.2, 0.25) is 0 Å². The van der Waals surface area contributed by atoms with Crippen molar-refractivity contribution in [2.45, 2.75) is 20.4 Å². The Bertz CT molecular complexity index is 1080. The number of nitrogens with zero attached hydrogens (tertiary/aromatic N) is 4. The first-order valence-electron chi connectivity index (χ1n) is 9.00. The summed E-state index contributed by atoms with van der Waals surface area (Å²) < 4.78 is 13.3. The second-order valence-electron chi connectivity index (χ2n) is 5.93. The number of pyridine rings is 1. The van der Waals surface area contributed by atoms with Crippen LogP contribution in [-0.2, 0) is 6.54 Å². The van der Waals surface area contributed by atoms with Crippen LogP contribution in [0.4, 0.5) is 5.69 Å². The summed E-state index contributed by atoms with van der Waals surface area (Å²) in [7, 11) is 0. The van der Waals surface area contributed by atoms with E-state index in [-0.39, 0.29) is 0 Å². The number of hydrogen-bond donors (Lipinski definition) is 1. The molecule has 7 heteroatoms. The number of aromatic nitrogens is 4. The summed E-state index contributed by atoms with van der Waals surface area (Å²) in [5.41, 5.74) is 3.67. The summed E-state index contributed by atoms with van der Waals surface area (Å²) in [6, 6.07) is 9.70. The summed E-state index contributed by atoms with van der Waals surface area (Å²) in [4.78, 5) is 8.78. The summed E-state index contributed by atoms with van der Waals surface area (Å²) in [5, 5.41) is 8.79. The number of fused-ring (bicyclic) bond motifs is 2. The molecule has 0 aliphatic carbocycles. The summed E-state index contributed by atoms with van der Waals surface area (Å²) in [6.07, 6.45) is 5.33. The Balaban J connectivity index is 1.68. The fourth-order valence-electron chi connectivity index (χ4n) is 3.05. The number of hydrogen-bond acceptors (Lipinski definition) is 6. The highest BCUT2D eigenvalue weighted by Crippen LogP contribution is 2.35. The molecule has 0 aliphatic rings. The highest BCUT2D eigenvalue weighted by atomic mass is 16.5. The van der Waals surface area contributed by atoms with Crippen molar-refractivity contribution in [1.29, 1.82) is 0 Å². The van der Waals surface area contributed by atoms with Crippen LogP contribution in [0.15, 0.2) is 48.9 Å². The first kappa shape index (κ1) is 17.1. The molecule has 0 saturated carbocycles. The third-order valence-electron chi connectivity index (χ3n) is 4.24. The molecule has 0 bridgehead atoms. The number of benzene rings is 1. The van der Waals surface area contributed by atoms with E-state index >= 15 is 0 Å². The van der Waals surface area contributed by atoms with Crippen molar-refractivity contribution < 1.29 is 9.47 Å². The zero-order chi connectivity index (χ0) is 18.6. The molecule has 0 amide bonds. The van der Waals surface area contributed by atoms with Crippen LogP contribution in [0.1, 0.15) is 19.5 Å². The number of nitrogens with one attached hydrogen (secondary N) is 1. The van der Waals surface area contributed by atoms with E-state index in [0.29, 0.717) is 25.5 Å². The lowest BCUT2D eigenvalue weighted by Gasteiger charge is -2.14. The van der Waals surface area contributed by atoms with Gasteiger partial charge >= 0.3 is 0 Å². The molecule has 1 N–H and O–H groups in total. The van der Waals surface area contributed by atoms with Gasteiger partial charge in [-0.3, -0.25) is 4.98 Å². The molecule has 1 aromatic carbocycles. The molecule has 3 heterocycles. The van der Waals surface area contributed by atoms with Gasteiger partial charge in [0, 0.05) is 35.6 Å². The molecule has 0 radical (unpaired) electrons. The summed E-state index contributed by atoms with van der Waals surface area (Å²) in [6.45, 7) is 5.67. The van der Waals surface area contributed by atoms with E-state index in [9.17, 15) is 0 Å². The maximum absolute atomic E-state index is 5.76. The lowest BCUT2D eigenvalue weighted by atomic mass is 10.1. The zero-order valence-corrected chi connectivity index (χ0v) is 15.3. The Hall–Kier alpha value is -3.35. The molecule has 3 aromatic heterocycles. The van der Waals surface area contributed by atoms with E-state index in [2.05, 4.69) is 20.4 Å². The molecule has 4 rings (SSSR count). The molecule has 0 aliphatic heterocycles. The Morgan fingerprint density at radius 3 is 2.52 bits per heavy atom. The van der Waals surface area contributed by atoms with E-state index in [4.69, 9.17) is 9.47 Å². The van der Waals surface area contributed by atoms with Crippen molar-refractivity contribution in [2.24, 2.45) is 0 Å². The molecular weight excluding hydrogens is 342 g/mol. The Morgan fingerprint density at radius 1 is 0.926 bits per heavy atom. The van der Waals surface area contributed by atoms with Gasteiger partial charge < -0.3 is 14.8 Å². The summed E-state index contributed by atoms with van der Waals surface area (Å²) >= 11 is 0. The van der Waals surface area contributed by atoms with Crippen molar-refractivity contribution in [1.82, 2.24) is 19.6 Å². The van der Waals surface area contributed by atoms with Crippen LogP contribution in [0.2, 0.25) is 0 Å². The Kier molecular flexibility index (Phi) is 4.74. The van der Waals surface area contributed by atoms with Gasteiger partial charge in [-0.2, -0.15) is 5.10 Å². The second kappa shape index (κ2) is 7.49. The number of anilines is 1. The quantitative estimate of drug-likeness (QED) is 0.540. The predicted octanol–water partition coefficient (Wildman–Crippen LogP) is 3.69. The lowest BCUT2D eigenvalue weighted by molar-refractivity contribution is 0.288. The van der Waals surface area contributed by atoms with E-state index < -0.39 is 0 Å². The highest BCUT2D eigenvalue weighted by molar-refractivity contribution is 5.93. The normalized spacial score (nSPS) is 11.0. The van der Waals surface area contributed by atoms with Gasteiger partial charge in [-0.1, -0.05) is 0 Å². The molecule has 0 spiro atoms. The molecule has 4 aromatic rings. The molecule has 0 atom stereocenters. The molecule has 0 fully saturated rings. The largest absolute Gasteiger partial charge is 0.490 e. The Morgan fingerprint density at radius 2 is 1.70 bits per heavy atom. The van der Waals surface area contributed by atoms with Gasteiger partial charge in [-0.15, -0.1) is 0 Å². The van der Waals surface area contributed by atoms with Gasteiger partial charge in [0.05, 0.1) is 37.2 Å². The molecular formula is C20H21N5O2. The average Bonchev–Trinajstić information content (AvgIpc) is 3.16. The zero-order valence-electron chi connectivity index (χ0n) is 15.3. The van der Waals surface area contributed by atoms with Crippen molar-refractivity contribution >= 4 is 22.2 Å². The number of rotatable bonds is 7. The fourth-order valence-corrected chi connectivity index (χ4v) is 3.05. The topological polar surface area (TPSA) is 73.6 Å². The predicted molar refractivity (Wildman–Crippen MR) is 104 cm³/mol. The maximum atomic E-state index is 5.76. The minimum Gasteiger partial charge on any atom is -0.490 e. The van der Waals surface area contributed by atoms with Crippen LogP contribution in [0.25, 0.3) is 16.6 Å². The van der Waals surface area contributed by atoms with Gasteiger partial charge in [0.1, 0.15) is 0 Å². The first-order chi connectivity index (χ1) is 13.3. The van der Waals surface area contributed by atoms with Crippen LogP contribution in [0.3, 0.4) is 0 Å².